The van der Waals surface area contributed by atoms with Gasteiger partial charge in [0.2, 0.25) is 0 Å². The maximum absolute atomic E-state index is 13.1. The van der Waals surface area contributed by atoms with Crippen molar-refractivity contribution in [1.29, 1.82) is 0 Å². The van der Waals surface area contributed by atoms with Gasteiger partial charge in [-0.25, -0.2) is 0 Å². The van der Waals surface area contributed by atoms with Crippen LogP contribution in [0, 0.1) is 6.92 Å². The number of carbonyl (C=O) groups is 2. The third-order valence-corrected chi connectivity index (χ3v) is 5.95. The van der Waals surface area contributed by atoms with Gasteiger partial charge in [0.1, 0.15) is 23.0 Å². The number of benzene rings is 2. The normalized spacial score (nSPS) is 17.4. The number of hydrogen-bond donors (Lipinski definition) is 2. The summed E-state index contributed by atoms with van der Waals surface area (Å²) in [7, 11) is 0. The highest BCUT2D eigenvalue weighted by molar-refractivity contribution is 6.46. The summed E-state index contributed by atoms with van der Waals surface area (Å²) in [5.41, 5.74) is 1.56. The van der Waals surface area contributed by atoms with Crippen molar-refractivity contribution in [3.05, 3.63) is 87.8 Å². The Hall–Kier alpha value is -3.71. The van der Waals surface area contributed by atoms with E-state index < -0.39 is 17.7 Å². The number of likely N-dealkylation sites (tertiary alicyclic amines) is 1. The van der Waals surface area contributed by atoms with Crippen molar-refractivity contribution in [3.8, 4) is 11.5 Å². The third-order valence-electron chi connectivity index (χ3n) is 5.64. The van der Waals surface area contributed by atoms with E-state index in [4.69, 9.17) is 20.8 Å². The number of Topliss-reactive ketones (excluding diaryl/α,β-unsaturated/α-hetero) is 1. The van der Waals surface area contributed by atoms with Gasteiger partial charge >= 0.3 is 0 Å². The zero-order valence-electron chi connectivity index (χ0n) is 18.7. The molecule has 2 heterocycles. The summed E-state index contributed by atoms with van der Waals surface area (Å²) in [5, 5.41) is 21.2. The predicted molar refractivity (Wildman–Crippen MR) is 127 cm³/mol. The quantitative estimate of drug-likeness (QED) is 0.268. The Morgan fingerprint density at radius 3 is 2.62 bits per heavy atom. The molecule has 1 aliphatic heterocycles. The number of aliphatic hydroxyl groups is 1. The average Bonchev–Trinajstić information content (AvgIpc) is 3.42. The molecule has 1 fully saturated rings. The number of halogens is 1. The minimum atomic E-state index is -0.931. The Labute approximate surface area is 201 Å². The molecule has 0 spiro atoms. The Morgan fingerprint density at radius 2 is 1.97 bits per heavy atom. The first-order valence-electron chi connectivity index (χ1n) is 10.8. The predicted octanol–water partition coefficient (Wildman–Crippen LogP) is 5.36. The van der Waals surface area contributed by atoms with Gasteiger partial charge in [-0.1, -0.05) is 24.6 Å². The summed E-state index contributed by atoms with van der Waals surface area (Å²) in [5.74, 6) is -0.871. The van der Waals surface area contributed by atoms with E-state index in [0.717, 1.165) is 12.0 Å². The van der Waals surface area contributed by atoms with Crippen LogP contribution in [0.15, 0.2) is 64.8 Å². The summed E-state index contributed by atoms with van der Waals surface area (Å²) in [6, 6.07) is 12.0. The van der Waals surface area contributed by atoms with E-state index in [2.05, 4.69) is 0 Å². The lowest BCUT2D eigenvalue weighted by Crippen LogP contribution is -2.29. The number of hydrogen-bond acceptors (Lipinski definition) is 6. The van der Waals surface area contributed by atoms with Crippen molar-refractivity contribution in [3.63, 3.8) is 0 Å². The topological polar surface area (TPSA) is 100 Å². The van der Waals surface area contributed by atoms with Gasteiger partial charge in [-0.3, -0.25) is 9.59 Å². The molecule has 176 valence electrons. The number of aryl methyl sites for hydroxylation is 1. The van der Waals surface area contributed by atoms with Crippen LogP contribution in [-0.2, 0) is 16.1 Å². The van der Waals surface area contributed by atoms with Gasteiger partial charge in [0.15, 0.2) is 0 Å². The molecule has 1 aromatic heterocycles. The zero-order chi connectivity index (χ0) is 24.4. The molecule has 0 aliphatic carbocycles. The molecular formula is C26H24ClNO6. The van der Waals surface area contributed by atoms with E-state index in [-0.39, 0.29) is 28.6 Å². The Bertz CT molecular complexity index is 1260. The number of phenolic OH excluding ortho intramolecular Hbond substituents is 1. The SMILES string of the molecule is CCCOc1ccc(/C(O)=C2/C(=O)C(=O)N(Cc3ccco3)C2c2ccc(O)c(Cl)c2)cc1C. The number of aromatic hydroxyl groups is 1. The lowest BCUT2D eigenvalue weighted by atomic mass is 9.94. The largest absolute Gasteiger partial charge is 0.507 e. The summed E-state index contributed by atoms with van der Waals surface area (Å²) >= 11 is 6.13. The zero-order valence-corrected chi connectivity index (χ0v) is 19.5. The van der Waals surface area contributed by atoms with Crippen molar-refractivity contribution in [2.75, 3.05) is 6.61 Å². The molecule has 2 aromatic carbocycles. The van der Waals surface area contributed by atoms with E-state index in [0.29, 0.717) is 29.2 Å². The molecule has 1 saturated heterocycles. The molecule has 1 atom stereocenters. The fourth-order valence-electron chi connectivity index (χ4n) is 3.98. The molecule has 4 rings (SSSR count). The molecule has 0 bridgehead atoms. The number of nitrogens with zero attached hydrogens (tertiary/aromatic N) is 1. The minimum absolute atomic E-state index is 0.0142. The van der Waals surface area contributed by atoms with Crippen molar-refractivity contribution in [2.24, 2.45) is 0 Å². The molecule has 1 aliphatic rings. The fraction of sp³-hybridized carbons (Fsp3) is 0.231. The monoisotopic (exact) mass is 481 g/mol. The van der Waals surface area contributed by atoms with E-state index in [1.165, 1.54) is 23.3 Å². The first kappa shape index (κ1) is 23.4. The number of ketones is 1. The van der Waals surface area contributed by atoms with Crippen LogP contribution >= 0.6 is 11.6 Å². The van der Waals surface area contributed by atoms with Gasteiger partial charge in [-0.05, 0) is 66.9 Å². The highest BCUT2D eigenvalue weighted by atomic mass is 35.5. The van der Waals surface area contributed by atoms with E-state index in [1.807, 2.05) is 13.8 Å². The molecule has 8 heteroatoms. The lowest BCUT2D eigenvalue weighted by Gasteiger charge is -2.25. The fourth-order valence-corrected chi connectivity index (χ4v) is 4.17. The third kappa shape index (κ3) is 4.39. The molecule has 7 nitrogen and oxygen atoms in total. The molecule has 1 amide bonds. The van der Waals surface area contributed by atoms with Gasteiger partial charge in [0, 0.05) is 5.56 Å². The number of aliphatic hydroxyl groups excluding tert-OH is 1. The first-order valence-corrected chi connectivity index (χ1v) is 11.2. The maximum Gasteiger partial charge on any atom is 0.296 e. The summed E-state index contributed by atoms with van der Waals surface area (Å²) < 4.78 is 11.1. The van der Waals surface area contributed by atoms with Gasteiger partial charge in [0.05, 0.1) is 36.1 Å². The molecular weight excluding hydrogens is 458 g/mol. The second-order valence-electron chi connectivity index (χ2n) is 8.05. The molecule has 0 radical (unpaired) electrons. The number of amides is 1. The van der Waals surface area contributed by atoms with Gasteiger partial charge in [-0.2, -0.15) is 0 Å². The van der Waals surface area contributed by atoms with Gasteiger partial charge in [-0.15, -0.1) is 0 Å². The molecule has 3 aromatic rings. The second kappa shape index (κ2) is 9.65. The molecule has 34 heavy (non-hydrogen) atoms. The van der Waals surface area contributed by atoms with Crippen LogP contribution in [0.4, 0.5) is 0 Å². The Balaban J connectivity index is 1.83. The molecule has 2 N–H and O–H groups in total. The number of phenols is 1. The number of furan rings is 1. The molecule has 0 saturated carbocycles. The van der Waals surface area contributed by atoms with Crippen LogP contribution in [0.2, 0.25) is 5.02 Å². The van der Waals surface area contributed by atoms with E-state index in [9.17, 15) is 19.8 Å². The highest BCUT2D eigenvalue weighted by Crippen LogP contribution is 2.42. The second-order valence-corrected chi connectivity index (χ2v) is 8.45. The van der Waals surface area contributed by atoms with Crippen LogP contribution in [0.3, 0.4) is 0 Å². The lowest BCUT2D eigenvalue weighted by molar-refractivity contribution is -0.140. The van der Waals surface area contributed by atoms with Gasteiger partial charge in [0.25, 0.3) is 11.7 Å². The van der Waals surface area contributed by atoms with Crippen molar-refractivity contribution >= 4 is 29.1 Å². The summed E-state index contributed by atoms with van der Waals surface area (Å²) in [6.45, 7) is 4.42. The number of rotatable bonds is 7. The standard InChI is InChI=1S/C26H24ClNO6/c1-3-10-34-21-9-7-17(12-15(21)2)24(30)22-23(16-6-8-20(29)19(27)13-16)28(26(32)25(22)31)14-18-5-4-11-33-18/h4-9,11-13,23,29-30H,3,10,14H2,1-2H3/b24-22-. The molecule has 1 unspecified atom stereocenters. The Kier molecular flexibility index (Phi) is 6.65. The maximum atomic E-state index is 13.1. The van der Waals surface area contributed by atoms with Crippen LogP contribution < -0.4 is 4.74 Å². The summed E-state index contributed by atoms with van der Waals surface area (Å²) in [6.07, 6.45) is 2.33. The highest BCUT2D eigenvalue weighted by Gasteiger charge is 2.46. The van der Waals surface area contributed by atoms with E-state index in [1.54, 1.807) is 36.4 Å². The minimum Gasteiger partial charge on any atom is -0.507 e. The van der Waals surface area contributed by atoms with E-state index >= 15 is 0 Å². The van der Waals surface area contributed by atoms with Crippen LogP contribution in [0.25, 0.3) is 5.76 Å². The van der Waals surface area contributed by atoms with Gasteiger partial charge < -0.3 is 24.3 Å². The van der Waals surface area contributed by atoms with Crippen LogP contribution in [-0.4, -0.2) is 33.4 Å². The van der Waals surface area contributed by atoms with Crippen LogP contribution in [0.1, 0.15) is 41.8 Å². The van der Waals surface area contributed by atoms with Crippen molar-refractivity contribution < 1.29 is 29.0 Å². The van der Waals surface area contributed by atoms with Crippen molar-refractivity contribution in [2.45, 2.75) is 32.9 Å². The number of carbonyl (C=O) groups excluding carboxylic acids is 2. The summed E-state index contributed by atoms with van der Waals surface area (Å²) in [4.78, 5) is 27.5. The van der Waals surface area contributed by atoms with Crippen molar-refractivity contribution in [1.82, 2.24) is 4.90 Å². The smallest absolute Gasteiger partial charge is 0.296 e. The van der Waals surface area contributed by atoms with Crippen LogP contribution in [0.5, 0.6) is 11.5 Å². The average molecular weight is 482 g/mol. The first-order chi connectivity index (χ1) is 16.3. The Morgan fingerprint density at radius 1 is 1.18 bits per heavy atom. The number of ether oxygens (including phenoxy) is 1.